The van der Waals surface area contributed by atoms with E-state index in [2.05, 4.69) is 17.1 Å². The molecule has 1 saturated heterocycles. The van der Waals surface area contributed by atoms with Gasteiger partial charge in [-0.05, 0) is 24.6 Å². The van der Waals surface area contributed by atoms with Crippen molar-refractivity contribution in [1.29, 1.82) is 0 Å². The minimum Gasteiger partial charge on any atom is -0.497 e. The highest BCUT2D eigenvalue weighted by molar-refractivity contribution is 5.29. The molecule has 0 aromatic heterocycles. The number of hydrogen-bond donors (Lipinski definition) is 2. The summed E-state index contributed by atoms with van der Waals surface area (Å²) in [6, 6.07) is 8.15. The lowest BCUT2D eigenvalue weighted by atomic mass is 10.1. The third kappa shape index (κ3) is 3.45. The summed E-state index contributed by atoms with van der Waals surface area (Å²) in [5.74, 6) is 0.792. The lowest BCUT2D eigenvalue weighted by Crippen LogP contribution is -2.50. The highest BCUT2D eigenvalue weighted by Crippen LogP contribution is 2.20. The molecule has 4 heteroatoms. The third-order valence-corrected chi connectivity index (χ3v) is 3.36. The maximum atomic E-state index is 10.3. The highest BCUT2D eigenvalue weighted by atomic mass is 16.5. The largest absolute Gasteiger partial charge is 0.497 e. The highest BCUT2D eigenvalue weighted by Gasteiger charge is 2.19. The van der Waals surface area contributed by atoms with E-state index in [-0.39, 0.29) is 0 Å². The van der Waals surface area contributed by atoms with Crippen LogP contribution in [0.25, 0.3) is 0 Å². The van der Waals surface area contributed by atoms with Gasteiger partial charge in [-0.15, -0.1) is 0 Å². The Bertz CT molecular complexity index is 384. The van der Waals surface area contributed by atoms with Crippen molar-refractivity contribution >= 4 is 0 Å². The molecule has 0 spiro atoms. The molecule has 1 heterocycles. The average molecular weight is 250 g/mol. The first-order valence-corrected chi connectivity index (χ1v) is 6.47. The zero-order valence-electron chi connectivity index (χ0n) is 11.1. The first-order valence-electron chi connectivity index (χ1n) is 6.47. The quantitative estimate of drug-likeness (QED) is 0.837. The molecule has 1 aliphatic rings. The van der Waals surface area contributed by atoms with Crippen LogP contribution in [0.1, 0.15) is 18.6 Å². The Hall–Kier alpha value is -1.10. The lowest BCUT2D eigenvalue weighted by Gasteiger charge is -2.33. The van der Waals surface area contributed by atoms with Crippen molar-refractivity contribution in [1.82, 2.24) is 10.2 Å². The fourth-order valence-electron chi connectivity index (χ4n) is 2.38. The molecule has 1 fully saturated rings. The van der Waals surface area contributed by atoms with Crippen LogP contribution >= 0.6 is 0 Å². The minimum atomic E-state index is -0.453. The maximum Gasteiger partial charge on any atom is 0.119 e. The number of methoxy groups -OCH3 is 1. The summed E-state index contributed by atoms with van der Waals surface area (Å²) in [4.78, 5) is 2.30. The molecule has 1 unspecified atom stereocenters. The Labute approximate surface area is 109 Å². The number of rotatable bonds is 4. The van der Waals surface area contributed by atoms with Crippen molar-refractivity contribution in [3.8, 4) is 5.75 Å². The van der Waals surface area contributed by atoms with Crippen molar-refractivity contribution in [3.63, 3.8) is 0 Å². The van der Waals surface area contributed by atoms with E-state index in [1.807, 2.05) is 24.3 Å². The van der Waals surface area contributed by atoms with E-state index in [1.54, 1.807) is 7.11 Å². The molecular weight excluding hydrogens is 228 g/mol. The van der Waals surface area contributed by atoms with Crippen LogP contribution in [0.3, 0.4) is 0 Å². The standard InChI is InChI=1S/C14H22N2O2/c1-11-9-16(7-6-15-11)10-14(17)12-4-3-5-13(8-12)18-2/h3-5,8,11,14-15,17H,6-7,9-10H2,1-2H3/t11-,14?/m1/s1. The summed E-state index contributed by atoms with van der Waals surface area (Å²) in [6.45, 7) is 5.82. The van der Waals surface area contributed by atoms with Crippen molar-refractivity contribution in [2.45, 2.75) is 19.1 Å². The Morgan fingerprint density at radius 3 is 3.11 bits per heavy atom. The van der Waals surface area contributed by atoms with Gasteiger partial charge in [-0.2, -0.15) is 0 Å². The van der Waals surface area contributed by atoms with Gasteiger partial charge in [0.2, 0.25) is 0 Å². The summed E-state index contributed by atoms with van der Waals surface area (Å²) in [6.07, 6.45) is -0.453. The van der Waals surface area contributed by atoms with E-state index in [4.69, 9.17) is 4.74 Å². The fraction of sp³-hybridized carbons (Fsp3) is 0.571. The van der Waals surface area contributed by atoms with E-state index in [0.29, 0.717) is 12.6 Å². The molecule has 2 atom stereocenters. The van der Waals surface area contributed by atoms with Gasteiger partial charge in [0.15, 0.2) is 0 Å². The van der Waals surface area contributed by atoms with Gasteiger partial charge in [0, 0.05) is 32.2 Å². The van der Waals surface area contributed by atoms with Gasteiger partial charge in [0.1, 0.15) is 5.75 Å². The number of nitrogens with one attached hydrogen (secondary N) is 1. The van der Waals surface area contributed by atoms with E-state index in [1.165, 1.54) is 0 Å². The number of hydrogen-bond acceptors (Lipinski definition) is 4. The zero-order valence-corrected chi connectivity index (χ0v) is 11.1. The van der Waals surface area contributed by atoms with Crippen molar-refractivity contribution in [2.75, 3.05) is 33.3 Å². The van der Waals surface area contributed by atoms with Gasteiger partial charge in [0.05, 0.1) is 13.2 Å². The van der Waals surface area contributed by atoms with Crippen molar-refractivity contribution in [3.05, 3.63) is 29.8 Å². The molecule has 0 saturated carbocycles. The van der Waals surface area contributed by atoms with Gasteiger partial charge in [-0.3, -0.25) is 4.90 Å². The first-order chi connectivity index (χ1) is 8.69. The van der Waals surface area contributed by atoms with Gasteiger partial charge < -0.3 is 15.2 Å². The Morgan fingerprint density at radius 1 is 1.56 bits per heavy atom. The number of aliphatic hydroxyl groups is 1. The van der Waals surface area contributed by atoms with Crippen LogP contribution in [0.2, 0.25) is 0 Å². The van der Waals surface area contributed by atoms with Crippen LogP contribution in [0.4, 0.5) is 0 Å². The topological polar surface area (TPSA) is 44.7 Å². The number of β-amino-alcohol motifs (C(OH)–C–C–N with tert-alkyl or cyclic N) is 1. The molecule has 1 aliphatic heterocycles. The summed E-state index contributed by atoms with van der Waals surface area (Å²) < 4.78 is 5.18. The molecule has 2 N–H and O–H groups in total. The minimum absolute atomic E-state index is 0.453. The molecule has 0 bridgehead atoms. The second kappa shape index (κ2) is 6.18. The number of piperazine rings is 1. The number of aliphatic hydroxyl groups excluding tert-OH is 1. The van der Waals surface area contributed by atoms with Gasteiger partial charge in [0.25, 0.3) is 0 Å². The van der Waals surface area contributed by atoms with E-state index < -0.39 is 6.10 Å². The molecule has 1 aromatic carbocycles. The summed E-state index contributed by atoms with van der Waals surface area (Å²) in [7, 11) is 1.64. The van der Waals surface area contributed by atoms with Crippen molar-refractivity contribution < 1.29 is 9.84 Å². The Balaban J connectivity index is 1.95. The number of ether oxygens (including phenoxy) is 1. The molecular formula is C14H22N2O2. The predicted molar refractivity (Wildman–Crippen MR) is 71.9 cm³/mol. The normalized spacial score (nSPS) is 22.7. The Morgan fingerprint density at radius 2 is 2.39 bits per heavy atom. The number of nitrogens with zero attached hydrogens (tertiary/aromatic N) is 1. The van der Waals surface area contributed by atoms with E-state index >= 15 is 0 Å². The number of benzene rings is 1. The Kier molecular flexibility index (Phi) is 4.58. The SMILES string of the molecule is COc1cccc(C(O)CN2CCN[C@H](C)C2)c1. The average Bonchev–Trinajstić information content (AvgIpc) is 2.39. The van der Waals surface area contributed by atoms with Crippen molar-refractivity contribution in [2.24, 2.45) is 0 Å². The van der Waals surface area contributed by atoms with Gasteiger partial charge in [-0.25, -0.2) is 0 Å². The van der Waals surface area contributed by atoms with Crippen LogP contribution < -0.4 is 10.1 Å². The monoisotopic (exact) mass is 250 g/mol. The molecule has 100 valence electrons. The second-order valence-corrected chi connectivity index (χ2v) is 4.91. The third-order valence-electron chi connectivity index (χ3n) is 3.36. The molecule has 1 aromatic rings. The second-order valence-electron chi connectivity index (χ2n) is 4.91. The summed E-state index contributed by atoms with van der Waals surface area (Å²) in [5, 5.41) is 13.7. The molecule has 4 nitrogen and oxygen atoms in total. The molecule has 18 heavy (non-hydrogen) atoms. The van der Waals surface area contributed by atoms with Crippen LogP contribution in [0, 0.1) is 0 Å². The maximum absolute atomic E-state index is 10.3. The smallest absolute Gasteiger partial charge is 0.119 e. The fourth-order valence-corrected chi connectivity index (χ4v) is 2.38. The first kappa shape index (κ1) is 13.3. The van der Waals surface area contributed by atoms with Gasteiger partial charge >= 0.3 is 0 Å². The van der Waals surface area contributed by atoms with Gasteiger partial charge in [-0.1, -0.05) is 12.1 Å². The lowest BCUT2D eigenvalue weighted by molar-refractivity contribution is 0.0960. The zero-order chi connectivity index (χ0) is 13.0. The van der Waals surface area contributed by atoms with Crippen LogP contribution in [0.5, 0.6) is 5.75 Å². The summed E-state index contributed by atoms with van der Waals surface area (Å²) in [5.41, 5.74) is 0.917. The van der Waals surface area contributed by atoms with Crippen LogP contribution in [0.15, 0.2) is 24.3 Å². The molecule has 0 amide bonds. The van der Waals surface area contributed by atoms with E-state index in [9.17, 15) is 5.11 Å². The van der Waals surface area contributed by atoms with E-state index in [0.717, 1.165) is 30.9 Å². The van der Waals surface area contributed by atoms with Crippen LogP contribution in [-0.4, -0.2) is 49.3 Å². The predicted octanol–water partition coefficient (Wildman–Crippen LogP) is 1.02. The molecule has 2 rings (SSSR count). The molecule has 0 radical (unpaired) electrons. The summed E-state index contributed by atoms with van der Waals surface area (Å²) >= 11 is 0. The van der Waals surface area contributed by atoms with Crippen LogP contribution in [-0.2, 0) is 0 Å². The molecule has 0 aliphatic carbocycles.